The van der Waals surface area contributed by atoms with Gasteiger partial charge < -0.3 is 24.6 Å². The second-order valence-electron chi connectivity index (χ2n) is 9.18. The Morgan fingerprint density at radius 1 is 1.08 bits per heavy atom. The van der Waals surface area contributed by atoms with Crippen LogP contribution in [0, 0.1) is 11.3 Å². The summed E-state index contributed by atoms with van der Waals surface area (Å²) in [6.45, 7) is 6.23. The maximum atomic E-state index is 11.6. The summed E-state index contributed by atoms with van der Waals surface area (Å²) in [5, 5.41) is 13.0. The molecule has 0 atom stereocenters. The van der Waals surface area contributed by atoms with Gasteiger partial charge in [-0.05, 0) is 48.5 Å². The van der Waals surface area contributed by atoms with Crippen LogP contribution in [0.2, 0.25) is 0 Å². The van der Waals surface area contributed by atoms with Crippen LogP contribution in [-0.4, -0.2) is 66.3 Å². The molecule has 0 aliphatic carbocycles. The van der Waals surface area contributed by atoms with Crippen LogP contribution in [0.3, 0.4) is 0 Å². The van der Waals surface area contributed by atoms with E-state index < -0.39 is 0 Å². The van der Waals surface area contributed by atoms with Crippen LogP contribution in [0.4, 0.5) is 17.3 Å². The molecule has 2 aromatic carbocycles. The largest absolute Gasteiger partial charge is 0.489 e. The first-order valence-corrected chi connectivity index (χ1v) is 12.6. The lowest BCUT2D eigenvalue weighted by Gasteiger charge is -2.31. The molecule has 9 nitrogen and oxygen atoms in total. The van der Waals surface area contributed by atoms with Gasteiger partial charge in [-0.25, -0.2) is 9.97 Å². The van der Waals surface area contributed by atoms with Crippen molar-refractivity contribution in [2.75, 3.05) is 49.6 Å². The van der Waals surface area contributed by atoms with E-state index in [1.165, 1.54) is 5.69 Å². The van der Waals surface area contributed by atoms with E-state index in [4.69, 9.17) is 9.47 Å². The fourth-order valence-electron chi connectivity index (χ4n) is 4.63. The van der Waals surface area contributed by atoms with E-state index >= 15 is 0 Å². The second-order valence-corrected chi connectivity index (χ2v) is 9.18. The third-order valence-corrected chi connectivity index (χ3v) is 6.73. The average Bonchev–Trinajstić information content (AvgIpc) is 2.94. The molecule has 3 aromatic rings. The zero-order valence-electron chi connectivity index (χ0n) is 20.9. The van der Waals surface area contributed by atoms with Crippen LogP contribution in [0.1, 0.15) is 25.3 Å². The Morgan fingerprint density at radius 2 is 1.84 bits per heavy atom. The molecule has 1 aromatic heterocycles. The van der Waals surface area contributed by atoms with Crippen LogP contribution in [-0.2, 0) is 9.53 Å². The SMILES string of the molecule is CC(=O)N1CCC(Oc2ccc(-c3ccnc(Nc4ccc(N5CCOCC5)cc4)n3)cc2C#N)CC1. The number of benzene rings is 2. The number of aromatic nitrogens is 2. The Balaban J connectivity index is 1.25. The van der Waals surface area contributed by atoms with Crippen molar-refractivity contribution in [2.24, 2.45) is 0 Å². The lowest BCUT2D eigenvalue weighted by atomic mass is 10.1. The number of anilines is 3. The van der Waals surface area contributed by atoms with Gasteiger partial charge in [0.2, 0.25) is 11.9 Å². The Bertz CT molecular complexity index is 1280. The quantitative estimate of drug-likeness (QED) is 0.544. The molecular formula is C28H30N6O3. The van der Waals surface area contributed by atoms with Crippen LogP contribution in [0.25, 0.3) is 11.3 Å². The number of ether oxygens (including phenoxy) is 2. The highest BCUT2D eigenvalue weighted by atomic mass is 16.5. The Morgan fingerprint density at radius 3 is 2.54 bits per heavy atom. The second kappa shape index (κ2) is 11.3. The monoisotopic (exact) mass is 498 g/mol. The lowest BCUT2D eigenvalue weighted by Crippen LogP contribution is -2.40. The van der Waals surface area contributed by atoms with E-state index in [0.717, 1.165) is 50.4 Å². The molecule has 1 amide bonds. The molecule has 0 radical (unpaired) electrons. The molecule has 2 aliphatic rings. The smallest absolute Gasteiger partial charge is 0.227 e. The van der Waals surface area contributed by atoms with Crippen LogP contribution in [0.15, 0.2) is 54.7 Å². The summed E-state index contributed by atoms with van der Waals surface area (Å²) in [6.07, 6.45) is 3.19. The minimum absolute atomic E-state index is 0.0157. The molecule has 0 saturated carbocycles. The number of hydrogen-bond acceptors (Lipinski definition) is 8. The zero-order chi connectivity index (χ0) is 25.6. The number of rotatable bonds is 6. The van der Waals surface area contributed by atoms with Crippen LogP contribution >= 0.6 is 0 Å². The van der Waals surface area contributed by atoms with Gasteiger partial charge in [-0.15, -0.1) is 0 Å². The van der Waals surface area contributed by atoms with Gasteiger partial charge in [-0.2, -0.15) is 5.26 Å². The highest BCUT2D eigenvalue weighted by Gasteiger charge is 2.23. The molecule has 1 N–H and O–H groups in total. The summed E-state index contributed by atoms with van der Waals surface area (Å²) in [7, 11) is 0. The van der Waals surface area contributed by atoms with Gasteiger partial charge in [0.15, 0.2) is 0 Å². The number of hydrogen-bond donors (Lipinski definition) is 1. The first kappa shape index (κ1) is 24.5. The minimum Gasteiger partial charge on any atom is -0.489 e. The fourth-order valence-corrected chi connectivity index (χ4v) is 4.63. The number of carbonyl (C=O) groups is 1. The van der Waals surface area contributed by atoms with Gasteiger partial charge >= 0.3 is 0 Å². The number of morpholine rings is 1. The summed E-state index contributed by atoms with van der Waals surface area (Å²) >= 11 is 0. The topological polar surface area (TPSA) is 104 Å². The van der Waals surface area contributed by atoms with Crippen molar-refractivity contribution in [1.29, 1.82) is 5.26 Å². The number of nitrogens with one attached hydrogen (secondary N) is 1. The summed E-state index contributed by atoms with van der Waals surface area (Å²) in [5.41, 5.74) is 4.03. The first-order valence-electron chi connectivity index (χ1n) is 12.6. The highest BCUT2D eigenvalue weighted by Crippen LogP contribution is 2.29. The molecule has 2 fully saturated rings. The molecular weight excluding hydrogens is 468 g/mol. The van der Waals surface area contributed by atoms with Gasteiger partial charge in [0.1, 0.15) is 17.9 Å². The summed E-state index contributed by atoms with van der Waals surface area (Å²) in [4.78, 5) is 24.7. The maximum Gasteiger partial charge on any atom is 0.227 e. The number of likely N-dealkylation sites (tertiary alicyclic amines) is 1. The molecule has 0 spiro atoms. The van der Waals surface area contributed by atoms with E-state index in [2.05, 4.69) is 38.4 Å². The molecule has 37 heavy (non-hydrogen) atoms. The predicted octanol–water partition coefficient (Wildman–Crippen LogP) is 3.99. The third-order valence-electron chi connectivity index (χ3n) is 6.73. The van der Waals surface area contributed by atoms with Gasteiger partial charge in [0.05, 0.1) is 24.5 Å². The van der Waals surface area contributed by atoms with E-state index in [-0.39, 0.29) is 12.0 Å². The van der Waals surface area contributed by atoms with E-state index in [1.54, 1.807) is 19.2 Å². The van der Waals surface area contributed by atoms with E-state index in [9.17, 15) is 10.1 Å². The van der Waals surface area contributed by atoms with Crippen LogP contribution in [0.5, 0.6) is 5.75 Å². The average molecular weight is 499 g/mol. The van der Waals surface area contributed by atoms with Crippen molar-refractivity contribution in [3.8, 4) is 23.1 Å². The van der Waals surface area contributed by atoms with Crippen molar-refractivity contribution < 1.29 is 14.3 Å². The molecule has 190 valence electrons. The normalized spacial score (nSPS) is 16.2. The highest BCUT2D eigenvalue weighted by molar-refractivity contribution is 5.73. The van der Waals surface area contributed by atoms with Gasteiger partial charge in [-0.1, -0.05) is 0 Å². The fraction of sp³-hybridized carbons (Fsp3) is 0.357. The number of nitrogens with zero attached hydrogens (tertiary/aromatic N) is 5. The van der Waals surface area contributed by atoms with Crippen LogP contribution < -0.4 is 15.0 Å². The Labute approximate surface area is 216 Å². The number of piperidine rings is 1. The maximum absolute atomic E-state index is 11.6. The van der Waals surface area contributed by atoms with Crippen molar-refractivity contribution in [1.82, 2.24) is 14.9 Å². The van der Waals surface area contributed by atoms with Gasteiger partial charge in [0, 0.05) is 69.1 Å². The third kappa shape index (κ3) is 5.98. The van der Waals surface area contributed by atoms with Gasteiger partial charge in [-0.3, -0.25) is 4.79 Å². The molecule has 0 unspecified atom stereocenters. The minimum atomic E-state index is -0.0157. The van der Waals surface area contributed by atoms with Crippen molar-refractivity contribution in [3.05, 3.63) is 60.3 Å². The Hall–Kier alpha value is -4.16. The summed E-state index contributed by atoms with van der Waals surface area (Å²) in [5.74, 6) is 1.12. The van der Waals surface area contributed by atoms with E-state index in [0.29, 0.717) is 36.0 Å². The molecule has 9 heteroatoms. The van der Waals surface area contributed by atoms with E-state index in [1.807, 2.05) is 35.2 Å². The molecule has 3 heterocycles. The standard InChI is InChI=1S/C28H30N6O3/c1-20(35)33-12-9-25(10-13-33)37-27-7-2-21(18-22(27)19-29)26-8-11-30-28(32-26)31-23-3-5-24(6-4-23)34-14-16-36-17-15-34/h2-8,11,18,25H,9-10,12-17H2,1H3,(H,30,31,32). The van der Waals surface area contributed by atoms with Crippen molar-refractivity contribution >= 4 is 23.2 Å². The van der Waals surface area contributed by atoms with Gasteiger partial charge in [0.25, 0.3) is 0 Å². The van der Waals surface area contributed by atoms with Crippen molar-refractivity contribution in [2.45, 2.75) is 25.9 Å². The number of amides is 1. The zero-order valence-corrected chi connectivity index (χ0v) is 20.9. The van der Waals surface area contributed by atoms with Crippen molar-refractivity contribution in [3.63, 3.8) is 0 Å². The number of nitriles is 1. The number of carbonyl (C=O) groups excluding carboxylic acids is 1. The summed E-state index contributed by atoms with van der Waals surface area (Å²) in [6, 6.07) is 17.8. The molecule has 2 saturated heterocycles. The predicted molar refractivity (Wildman–Crippen MR) is 141 cm³/mol. The first-order chi connectivity index (χ1) is 18.1. The Kier molecular flexibility index (Phi) is 7.47. The molecule has 2 aliphatic heterocycles. The molecule has 5 rings (SSSR count). The lowest BCUT2D eigenvalue weighted by molar-refractivity contribution is -0.130. The summed E-state index contributed by atoms with van der Waals surface area (Å²) < 4.78 is 11.6. The molecule has 0 bridgehead atoms.